The number of ether oxygens (including phenoxy) is 3. The number of halogens is 1. The number of nitrogens with zero attached hydrogens (tertiary/aromatic N) is 1. The van der Waals surface area contributed by atoms with Crippen LogP contribution in [-0.4, -0.2) is 52.2 Å². The highest BCUT2D eigenvalue weighted by Gasteiger charge is 2.39. The number of carbonyl (C=O) groups excluding carboxylic acids is 2. The molecule has 0 fully saturated rings. The molecule has 0 saturated carbocycles. The van der Waals surface area contributed by atoms with Gasteiger partial charge in [0.25, 0.3) is 0 Å². The summed E-state index contributed by atoms with van der Waals surface area (Å²) in [5.41, 5.74) is 2.10. The molecule has 0 aromatic heterocycles. The van der Waals surface area contributed by atoms with Crippen LogP contribution < -0.4 is 5.32 Å². The van der Waals surface area contributed by atoms with Crippen molar-refractivity contribution in [3.63, 3.8) is 0 Å². The number of carbonyl (C=O) groups is 2. The summed E-state index contributed by atoms with van der Waals surface area (Å²) in [6.07, 6.45) is 1.45. The minimum atomic E-state index is -0.780. The molecule has 0 bridgehead atoms. The van der Waals surface area contributed by atoms with E-state index < -0.39 is 17.9 Å². The number of methoxy groups -OCH3 is 1. The Morgan fingerprint density at radius 3 is 2.57 bits per heavy atom. The average molecular weight is 437 g/mol. The van der Waals surface area contributed by atoms with E-state index in [1.54, 1.807) is 38.1 Å². The molecule has 0 amide bonds. The first-order valence-electron chi connectivity index (χ1n) is 9.29. The maximum atomic E-state index is 13.0. The molecular weight excluding hydrogens is 412 g/mol. The molecule has 2 rings (SSSR count). The van der Waals surface area contributed by atoms with E-state index in [1.165, 1.54) is 20.4 Å². The predicted molar refractivity (Wildman–Crippen MR) is 112 cm³/mol. The van der Waals surface area contributed by atoms with Crippen LogP contribution in [-0.2, 0) is 28.6 Å². The van der Waals surface area contributed by atoms with Crippen LogP contribution in [0.2, 0.25) is 5.02 Å². The Labute approximate surface area is 180 Å². The predicted octanol–water partition coefficient (Wildman–Crippen LogP) is 2.94. The SMILES string of the molecule is CCOC(=O)C1=C(COC/C=N/OC)NC(C)=C(C(=O)OC)C1c1ccccc1Cl. The maximum Gasteiger partial charge on any atom is 0.336 e. The molecule has 1 unspecified atom stereocenters. The number of nitrogens with one attached hydrogen (secondary N) is 1. The Kier molecular flexibility index (Phi) is 8.89. The second kappa shape index (κ2) is 11.4. The zero-order valence-electron chi connectivity index (χ0n) is 17.4. The van der Waals surface area contributed by atoms with Gasteiger partial charge < -0.3 is 24.4 Å². The quantitative estimate of drug-likeness (QED) is 0.275. The summed E-state index contributed by atoms with van der Waals surface area (Å²) in [7, 11) is 2.71. The minimum Gasteiger partial charge on any atom is -0.466 e. The molecule has 30 heavy (non-hydrogen) atoms. The highest BCUT2D eigenvalue weighted by Crippen LogP contribution is 2.41. The van der Waals surface area contributed by atoms with Crippen molar-refractivity contribution in [2.24, 2.45) is 5.16 Å². The van der Waals surface area contributed by atoms with Crippen LogP contribution in [0.5, 0.6) is 0 Å². The van der Waals surface area contributed by atoms with Crippen molar-refractivity contribution >= 4 is 29.8 Å². The van der Waals surface area contributed by atoms with Crippen molar-refractivity contribution in [1.29, 1.82) is 0 Å². The number of rotatable bonds is 9. The van der Waals surface area contributed by atoms with Gasteiger partial charge in [-0.15, -0.1) is 0 Å². The summed E-state index contributed by atoms with van der Waals surface area (Å²) >= 11 is 6.44. The van der Waals surface area contributed by atoms with Gasteiger partial charge in [-0.2, -0.15) is 0 Å². The number of dihydropyridines is 1. The summed E-state index contributed by atoms with van der Waals surface area (Å²) in [5, 5.41) is 7.11. The zero-order valence-corrected chi connectivity index (χ0v) is 18.1. The van der Waals surface area contributed by atoms with Gasteiger partial charge in [0.2, 0.25) is 0 Å². The van der Waals surface area contributed by atoms with Gasteiger partial charge in [0, 0.05) is 10.7 Å². The van der Waals surface area contributed by atoms with Gasteiger partial charge in [0.1, 0.15) is 7.11 Å². The smallest absolute Gasteiger partial charge is 0.336 e. The highest BCUT2D eigenvalue weighted by molar-refractivity contribution is 6.31. The first kappa shape index (κ1) is 23.4. The third kappa shape index (κ3) is 5.40. The fourth-order valence-electron chi connectivity index (χ4n) is 3.18. The van der Waals surface area contributed by atoms with Gasteiger partial charge in [-0.3, -0.25) is 0 Å². The minimum absolute atomic E-state index is 0.0522. The lowest BCUT2D eigenvalue weighted by Gasteiger charge is -2.31. The molecule has 162 valence electrons. The Balaban J connectivity index is 2.59. The fraction of sp³-hybridized carbons (Fsp3) is 0.381. The van der Waals surface area contributed by atoms with Crippen molar-refractivity contribution in [2.75, 3.05) is 34.0 Å². The van der Waals surface area contributed by atoms with E-state index in [-0.39, 0.29) is 31.0 Å². The molecule has 0 aliphatic carbocycles. The molecule has 1 heterocycles. The summed E-state index contributed by atoms with van der Waals surface area (Å²) in [5.74, 6) is -1.93. The van der Waals surface area contributed by atoms with E-state index in [0.29, 0.717) is 22.0 Å². The Bertz CT molecular complexity index is 878. The van der Waals surface area contributed by atoms with Crippen LogP contribution in [0, 0.1) is 0 Å². The number of allylic oxidation sites excluding steroid dienone is 1. The van der Waals surface area contributed by atoms with Crippen molar-refractivity contribution in [3.8, 4) is 0 Å². The lowest BCUT2D eigenvalue weighted by molar-refractivity contribution is -0.139. The Morgan fingerprint density at radius 1 is 1.20 bits per heavy atom. The van der Waals surface area contributed by atoms with Gasteiger partial charge in [-0.05, 0) is 25.5 Å². The van der Waals surface area contributed by atoms with E-state index in [9.17, 15) is 9.59 Å². The number of oxime groups is 1. The van der Waals surface area contributed by atoms with E-state index >= 15 is 0 Å². The lowest BCUT2D eigenvalue weighted by Crippen LogP contribution is -2.35. The summed E-state index contributed by atoms with van der Waals surface area (Å²) in [6, 6.07) is 7.02. The van der Waals surface area contributed by atoms with Crippen LogP contribution >= 0.6 is 11.6 Å². The monoisotopic (exact) mass is 436 g/mol. The normalized spacial score (nSPS) is 16.5. The molecule has 1 aromatic rings. The molecule has 8 nitrogen and oxygen atoms in total. The van der Waals surface area contributed by atoms with E-state index in [1.807, 2.05) is 0 Å². The molecule has 1 N–H and O–H groups in total. The largest absolute Gasteiger partial charge is 0.466 e. The van der Waals surface area contributed by atoms with Gasteiger partial charge in [-0.1, -0.05) is 35.0 Å². The first-order valence-corrected chi connectivity index (χ1v) is 9.67. The van der Waals surface area contributed by atoms with Crippen molar-refractivity contribution in [1.82, 2.24) is 5.32 Å². The number of hydrogen-bond acceptors (Lipinski definition) is 8. The fourth-order valence-corrected chi connectivity index (χ4v) is 3.42. The van der Waals surface area contributed by atoms with Crippen LogP contribution in [0.15, 0.2) is 52.0 Å². The molecule has 1 atom stereocenters. The van der Waals surface area contributed by atoms with Crippen molar-refractivity contribution in [2.45, 2.75) is 19.8 Å². The summed E-state index contributed by atoms with van der Waals surface area (Å²) in [4.78, 5) is 30.2. The third-order valence-electron chi connectivity index (χ3n) is 4.38. The number of esters is 2. The van der Waals surface area contributed by atoms with Crippen LogP contribution in [0.1, 0.15) is 25.3 Å². The zero-order chi connectivity index (χ0) is 22.1. The Hall–Kier alpha value is -2.84. The molecule has 1 aliphatic heterocycles. The van der Waals surface area contributed by atoms with Gasteiger partial charge >= 0.3 is 11.9 Å². The molecule has 1 aliphatic rings. The number of benzene rings is 1. The van der Waals surface area contributed by atoms with Crippen LogP contribution in [0.4, 0.5) is 0 Å². The second-order valence-electron chi connectivity index (χ2n) is 6.21. The maximum absolute atomic E-state index is 13.0. The Morgan fingerprint density at radius 2 is 1.93 bits per heavy atom. The van der Waals surface area contributed by atoms with Gasteiger partial charge in [-0.25, -0.2) is 9.59 Å². The lowest BCUT2D eigenvalue weighted by atomic mass is 9.80. The van der Waals surface area contributed by atoms with Crippen molar-refractivity contribution < 1.29 is 28.6 Å². The van der Waals surface area contributed by atoms with E-state index in [4.69, 9.17) is 25.8 Å². The highest BCUT2D eigenvalue weighted by atomic mass is 35.5. The third-order valence-corrected chi connectivity index (χ3v) is 4.72. The molecule has 0 radical (unpaired) electrons. The molecule has 0 saturated heterocycles. The molecule has 0 spiro atoms. The second-order valence-corrected chi connectivity index (χ2v) is 6.62. The first-order chi connectivity index (χ1) is 14.5. The van der Waals surface area contributed by atoms with Gasteiger partial charge in [0.15, 0.2) is 0 Å². The number of hydrogen-bond donors (Lipinski definition) is 1. The van der Waals surface area contributed by atoms with E-state index in [2.05, 4.69) is 15.3 Å². The standard InChI is InChI=1S/C21H25ClN2O6/c1-5-30-21(26)19-16(12-29-11-10-23-28-4)24-13(2)17(20(25)27-3)18(19)14-8-6-7-9-15(14)22/h6-10,18,24H,5,11-12H2,1-4H3/b23-10+. The van der Waals surface area contributed by atoms with E-state index in [0.717, 1.165) is 0 Å². The van der Waals surface area contributed by atoms with Crippen LogP contribution in [0.25, 0.3) is 0 Å². The molecule has 9 heteroatoms. The van der Waals surface area contributed by atoms with Crippen LogP contribution in [0.3, 0.4) is 0 Å². The van der Waals surface area contributed by atoms with Gasteiger partial charge in [0.05, 0.1) is 55.9 Å². The summed E-state index contributed by atoms with van der Waals surface area (Å²) in [6.45, 7) is 3.82. The molecule has 1 aromatic carbocycles. The topological polar surface area (TPSA) is 95.5 Å². The van der Waals surface area contributed by atoms with Crippen molar-refractivity contribution in [3.05, 3.63) is 57.4 Å². The summed E-state index contributed by atoms with van der Waals surface area (Å²) < 4.78 is 15.9. The average Bonchev–Trinajstić information content (AvgIpc) is 2.73. The molecular formula is C21H25ClN2O6.